The van der Waals surface area contributed by atoms with E-state index in [2.05, 4.69) is 4.98 Å². The van der Waals surface area contributed by atoms with Gasteiger partial charge >= 0.3 is 5.69 Å². The zero-order valence-electron chi connectivity index (χ0n) is 10.5. The van der Waals surface area contributed by atoms with Gasteiger partial charge in [-0.2, -0.15) is 0 Å². The zero-order chi connectivity index (χ0) is 13.8. The molecule has 0 aliphatic heterocycles. The molecule has 0 radical (unpaired) electrons. The van der Waals surface area contributed by atoms with E-state index in [0.717, 1.165) is 0 Å². The average molecular weight is 280 g/mol. The van der Waals surface area contributed by atoms with Crippen molar-refractivity contribution in [3.63, 3.8) is 0 Å². The Labute approximate surface area is 115 Å². The van der Waals surface area contributed by atoms with E-state index < -0.39 is 0 Å². The van der Waals surface area contributed by atoms with Gasteiger partial charge in [-0.25, -0.2) is 4.79 Å². The zero-order valence-corrected chi connectivity index (χ0v) is 11.3. The highest BCUT2D eigenvalue weighted by atomic mass is 35.5. The lowest BCUT2D eigenvalue weighted by Crippen LogP contribution is -2.40. The average Bonchev–Trinajstić information content (AvgIpc) is 2.44. The smallest absolute Gasteiger partial charge is 0.269 e. The van der Waals surface area contributed by atoms with Crippen LogP contribution in [0.4, 0.5) is 0 Å². The molecule has 2 aromatic heterocycles. The Balaban J connectivity index is 2.61. The fourth-order valence-electron chi connectivity index (χ4n) is 1.83. The third-order valence-electron chi connectivity index (χ3n) is 2.78. The van der Waals surface area contributed by atoms with Gasteiger partial charge in [0, 0.05) is 30.4 Å². The summed E-state index contributed by atoms with van der Waals surface area (Å²) in [6.45, 7) is 2.01. The van der Waals surface area contributed by atoms with Gasteiger partial charge in [0.15, 0.2) is 0 Å². The summed E-state index contributed by atoms with van der Waals surface area (Å²) >= 11 is 5.62. The Morgan fingerprint density at radius 3 is 2.79 bits per heavy atom. The van der Waals surface area contributed by atoms with E-state index in [1.54, 1.807) is 37.6 Å². The van der Waals surface area contributed by atoms with Crippen LogP contribution in [0.2, 0.25) is 0 Å². The molecule has 0 unspecified atom stereocenters. The van der Waals surface area contributed by atoms with Crippen molar-refractivity contribution in [2.75, 3.05) is 5.88 Å². The number of nitrogens with zero attached hydrogens (tertiary/aromatic N) is 3. The molecule has 0 saturated carbocycles. The van der Waals surface area contributed by atoms with E-state index in [0.29, 0.717) is 30.1 Å². The Bertz CT molecular complexity index is 677. The molecule has 5 nitrogen and oxygen atoms in total. The van der Waals surface area contributed by atoms with Gasteiger partial charge in [-0.05, 0) is 25.5 Å². The summed E-state index contributed by atoms with van der Waals surface area (Å²) in [5, 5.41) is 0. The largest absolute Gasteiger partial charge is 0.335 e. The van der Waals surface area contributed by atoms with Crippen LogP contribution in [0.3, 0.4) is 0 Å². The molecule has 0 aromatic carbocycles. The van der Waals surface area contributed by atoms with Crippen LogP contribution in [0, 0.1) is 6.92 Å². The first kappa shape index (κ1) is 13.5. The highest BCUT2D eigenvalue weighted by Crippen LogP contribution is 2.01. The first-order valence-corrected chi connectivity index (χ1v) is 6.48. The maximum Gasteiger partial charge on any atom is 0.335 e. The summed E-state index contributed by atoms with van der Waals surface area (Å²) in [5.41, 5.74) is 0.511. The summed E-state index contributed by atoms with van der Waals surface area (Å²) in [4.78, 5) is 28.3. The second-order valence-corrected chi connectivity index (χ2v) is 4.55. The molecule has 2 heterocycles. The third-order valence-corrected chi connectivity index (χ3v) is 3.05. The van der Waals surface area contributed by atoms with Gasteiger partial charge < -0.3 is 0 Å². The van der Waals surface area contributed by atoms with Crippen molar-refractivity contribution < 1.29 is 0 Å². The number of hydrogen-bond donors (Lipinski definition) is 0. The van der Waals surface area contributed by atoms with E-state index in [1.807, 2.05) is 0 Å². The molecule has 0 atom stereocenters. The van der Waals surface area contributed by atoms with Crippen LogP contribution < -0.4 is 11.2 Å². The minimum absolute atomic E-state index is 0.268. The van der Waals surface area contributed by atoms with Crippen LogP contribution in [0.25, 0.3) is 5.69 Å². The van der Waals surface area contributed by atoms with Crippen molar-refractivity contribution in [2.45, 2.75) is 19.9 Å². The molecule has 2 aromatic rings. The van der Waals surface area contributed by atoms with Crippen molar-refractivity contribution >= 4 is 11.6 Å². The van der Waals surface area contributed by atoms with E-state index in [4.69, 9.17) is 11.6 Å². The minimum Gasteiger partial charge on any atom is -0.269 e. The number of aryl methyl sites for hydroxylation is 1. The van der Waals surface area contributed by atoms with E-state index in [1.165, 1.54) is 9.13 Å². The van der Waals surface area contributed by atoms with Crippen molar-refractivity contribution in [3.8, 4) is 5.69 Å². The lowest BCUT2D eigenvalue weighted by molar-refractivity contribution is 0.594. The fourth-order valence-corrected chi connectivity index (χ4v) is 1.95. The Kier molecular flexibility index (Phi) is 4.16. The highest BCUT2D eigenvalue weighted by Gasteiger charge is 2.09. The predicted octanol–water partition coefficient (Wildman–Crippen LogP) is 1.33. The van der Waals surface area contributed by atoms with Gasteiger partial charge in [-0.1, -0.05) is 0 Å². The molecule has 0 fully saturated rings. The molecule has 100 valence electrons. The maximum atomic E-state index is 12.3. The second-order valence-electron chi connectivity index (χ2n) is 4.18. The van der Waals surface area contributed by atoms with Crippen molar-refractivity contribution in [2.24, 2.45) is 0 Å². The van der Waals surface area contributed by atoms with Crippen LogP contribution in [0.15, 0.2) is 40.3 Å². The van der Waals surface area contributed by atoms with Crippen LogP contribution >= 0.6 is 11.6 Å². The van der Waals surface area contributed by atoms with E-state index >= 15 is 0 Å². The number of hydrogen-bond acceptors (Lipinski definition) is 3. The maximum absolute atomic E-state index is 12.3. The number of halogens is 1. The summed E-state index contributed by atoms with van der Waals surface area (Å²) < 4.78 is 2.64. The van der Waals surface area contributed by atoms with Crippen molar-refractivity contribution in [1.29, 1.82) is 0 Å². The molecular weight excluding hydrogens is 266 g/mol. The van der Waals surface area contributed by atoms with Gasteiger partial charge in [0.25, 0.3) is 5.56 Å². The molecule has 2 rings (SSSR count). The summed E-state index contributed by atoms with van der Waals surface area (Å²) in [6, 6.07) is 3.51. The van der Waals surface area contributed by atoms with Gasteiger partial charge in [0.05, 0.1) is 11.9 Å². The molecule has 0 amide bonds. The molecular formula is C13H14ClN3O2. The topological polar surface area (TPSA) is 56.9 Å². The molecule has 0 spiro atoms. The molecule has 0 aliphatic rings. The van der Waals surface area contributed by atoms with Crippen molar-refractivity contribution in [3.05, 3.63) is 57.1 Å². The molecule has 6 heteroatoms. The Morgan fingerprint density at radius 1 is 1.37 bits per heavy atom. The van der Waals surface area contributed by atoms with Crippen LogP contribution in [-0.2, 0) is 6.54 Å². The third kappa shape index (κ3) is 2.76. The number of alkyl halides is 1. The first-order valence-electron chi connectivity index (χ1n) is 5.94. The van der Waals surface area contributed by atoms with Gasteiger partial charge in [-0.15, -0.1) is 11.6 Å². The summed E-state index contributed by atoms with van der Waals surface area (Å²) in [5.74, 6) is 0.409. The van der Waals surface area contributed by atoms with Gasteiger partial charge in [0.1, 0.15) is 0 Å². The van der Waals surface area contributed by atoms with E-state index in [9.17, 15) is 9.59 Å². The summed E-state index contributed by atoms with van der Waals surface area (Å²) in [6.07, 6.45) is 5.33. The Hall–Kier alpha value is -1.88. The lowest BCUT2D eigenvalue weighted by atomic mass is 10.3. The highest BCUT2D eigenvalue weighted by molar-refractivity contribution is 6.17. The van der Waals surface area contributed by atoms with E-state index in [-0.39, 0.29) is 11.2 Å². The molecule has 0 N–H and O–H groups in total. The molecule has 19 heavy (non-hydrogen) atoms. The van der Waals surface area contributed by atoms with Crippen LogP contribution in [0.5, 0.6) is 0 Å². The SMILES string of the molecule is Cc1cn(-c2cccnc2)c(=O)n(CCCCl)c1=O. The number of rotatable bonds is 4. The molecule has 0 aliphatic carbocycles. The molecule has 0 saturated heterocycles. The monoisotopic (exact) mass is 279 g/mol. The van der Waals surface area contributed by atoms with Gasteiger partial charge in [0.2, 0.25) is 0 Å². The number of aromatic nitrogens is 3. The molecule has 0 bridgehead atoms. The quantitative estimate of drug-likeness (QED) is 0.794. The van der Waals surface area contributed by atoms with Crippen LogP contribution in [0.1, 0.15) is 12.0 Å². The van der Waals surface area contributed by atoms with Crippen molar-refractivity contribution in [1.82, 2.24) is 14.1 Å². The van der Waals surface area contributed by atoms with Gasteiger partial charge in [-0.3, -0.25) is 18.9 Å². The summed E-state index contributed by atoms with van der Waals surface area (Å²) in [7, 11) is 0. The Morgan fingerprint density at radius 2 is 2.16 bits per heavy atom. The lowest BCUT2D eigenvalue weighted by Gasteiger charge is -2.10. The predicted molar refractivity (Wildman–Crippen MR) is 74.2 cm³/mol. The minimum atomic E-state index is -0.367. The standard InChI is InChI=1S/C13H14ClN3O2/c1-10-9-17(11-4-2-6-15-8-11)13(19)16(12(10)18)7-3-5-14/h2,4,6,8-9H,3,5,7H2,1H3. The fraction of sp³-hybridized carbons (Fsp3) is 0.308. The first-order chi connectivity index (χ1) is 9.15. The van der Waals surface area contributed by atoms with Crippen LogP contribution in [-0.4, -0.2) is 20.0 Å². The second kappa shape index (κ2) is 5.84. The number of pyridine rings is 1. The normalized spacial score (nSPS) is 10.6.